The van der Waals surface area contributed by atoms with Gasteiger partial charge in [0.2, 0.25) is 17.9 Å². The van der Waals surface area contributed by atoms with Crippen LogP contribution in [0.4, 0.5) is 24.9 Å². The first kappa shape index (κ1) is 31.3. The van der Waals surface area contributed by atoms with Crippen molar-refractivity contribution in [2.45, 2.75) is 51.1 Å². The third kappa shape index (κ3) is 6.49. The minimum absolute atomic E-state index is 0.154. The van der Waals surface area contributed by atoms with E-state index in [0.717, 1.165) is 11.1 Å². The van der Waals surface area contributed by atoms with E-state index in [9.17, 15) is 23.1 Å². The van der Waals surface area contributed by atoms with Crippen molar-refractivity contribution in [2.75, 3.05) is 30.3 Å². The number of carbonyl (C=O) groups is 1. The number of carboxylic acids is 1. The van der Waals surface area contributed by atoms with Crippen molar-refractivity contribution in [1.82, 2.24) is 25.1 Å². The summed E-state index contributed by atoms with van der Waals surface area (Å²) >= 11 is 0. The number of aliphatic carboxylic acids is 1. The average molecular weight is 637 g/mol. The summed E-state index contributed by atoms with van der Waals surface area (Å²) in [4.78, 5) is 21.6. The molecule has 14 heteroatoms. The van der Waals surface area contributed by atoms with Crippen LogP contribution in [0.25, 0.3) is 16.8 Å². The molecule has 0 radical (unpaired) electrons. The Morgan fingerprint density at radius 3 is 2.43 bits per heavy atom. The van der Waals surface area contributed by atoms with Crippen LogP contribution in [0, 0.1) is 12.3 Å². The van der Waals surface area contributed by atoms with Gasteiger partial charge in [0, 0.05) is 44.0 Å². The Hall–Kier alpha value is -4.69. The van der Waals surface area contributed by atoms with Crippen LogP contribution >= 0.6 is 0 Å². The van der Waals surface area contributed by atoms with E-state index >= 15 is 0 Å². The van der Waals surface area contributed by atoms with Crippen molar-refractivity contribution in [2.24, 2.45) is 11.1 Å². The Morgan fingerprint density at radius 1 is 1.11 bits per heavy atom. The number of aromatic nitrogens is 4. The van der Waals surface area contributed by atoms with Crippen molar-refractivity contribution in [3.8, 4) is 22.7 Å². The van der Waals surface area contributed by atoms with Gasteiger partial charge in [0.15, 0.2) is 0 Å². The molecule has 6 N–H and O–H groups in total. The first-order valence-electron chi connectivity index (χ1n) is 15.0. The molecule has 2 saturated heterocycles. The Labute approximate surface area is 263 Å². The zero-order chi connectivity index (χ0) is 32.6. The van der Waals surface area contributed by atoms with Crippen LogP contribution in [0.1, 0.15) is 42.2 Å². The van der Waals surface area contributed by atoms with Gasteiger partial charge < -0.3 is 31.5 Å². The number of nitrogen functional groups attached to an aromatic ring is 1. The molecule has 0 bridgehead atoms. The Balaban J connectivity index is 1.30. The molecule has 4 aromatic rings. The van der Waals surface area contributed by atoms with Crippen molar-refractivity contribution in [3.05, 3.63) is 77.6 Å². The highest BCUT2D eigenvalue weighted by molar-refractivity contribution is 5.74. The number of nitrogens with one attached hydrogen (secondary N) is 1. The number of aryl methyl sites for hydroxylation is 1. The molecular formula is C32H35F3N8O3. The van der Waals surface area contributed by atoms with Crippen LogP contribution in [-0.2, 0) is 11.3 Å². The molecule has 0 aliphatic carbocycles. The summed E-state index contributed by atoms with van der Waals surface area (Å²) in [5.41, 5.74) is 14.7. The summed E-state index contributed by atoms with van der Waals surface area (Å²) in [6.07, 6.45) is -3.70. The number of hydrogen-bond donors (Lipinski definition) is 4. The molecule has 46 heavy (non-hydrogen) atoms. The van der Waals surface area contributed by atoms with Crippen molar-refractivity contribution in [3.63, 3.8) is 0 Å². The number of ether oxygens (including phenoxy) is 1. The highest BCUT2D eigenvalue weighted by atomic mass is 19.4. The minimum atomic E-state index is -4.82. The highest BCUT2D eigenvalue weighted by Gasteiger charge is 2.46. The van der Waals surface area contributed by atoms with Crippen LogP contribution in [0.2, 0.25) is 0 Å². The summed E-state index contributed by atoms with van der Waals surface area (Å²) in [5.74, 6) is -1.06. The molecule has 1 unspecified atom stereocenters. The number of alkyl halides is 3. The van der Waals surface area contributed by atoms with Gasteiger partial charge in [-0.25, -0.2) is 4.68 Å². The van der Waals surface area contributed by atoms with Gasteiger partial charge in [0.25, 0.3) is 0 Å². The number of anilines is 2. The summed E-state index contributed by atoms with van der Waals surface area (Å²) in [7, 11) is 0. The standard InChI is InChI=1S/C32H35F3N8O3/c1-19-8-11-43(41-19)25-14-22(21-4-2-20(17-36)3-5-21)6-7-23(25)28(32(33,34)35)46-27-15-26(39-30(37)40-27)42-12-9-31(10-13-42)16-24(29(44)45)38-18-31/h2-8,11,14-15,24,28,38H,9-10,12-13,16-18,36H2,1H3,(H,44,45)(H2,37,39,40)/t24?,28-/m1/s1. The highest BCUT2D eigenvalue weighted by Crippen LogP contribution is 2.42. The van der Waals surface area contributed by atoms with Crippen LogP contribution in [-0.4, -0.2) is 62.7 Å². The maximum Gasteiger partial charge on any atom is 0.429 e. The van der Waals surface area contributed by atoms with Gasteiger partial charge in [-0.05, 0) is 60.4 Å². The topological polar surface area (TPSA) is 157 Å². The number of rotatable bonds is 8. The first-order valence-corrected chi connectivity index (χ1v) is 15.0. The number of benzene rings is 2. The molecule has 2 aromatic heterocycles. The van der Waals surface area contributed by atoms with Crippen molar-refractivity contribution >= 4 is 17.7 Å². The van der Waals surface area contributed by atoms with Crippen molar-refractivity contribution in [1.29, 1.82) is 0 Å². The predicted molar refractivity (Wildman–Crippen MR) is 165 cm³/mol. The lowest BCUT2D eigenvalue weighted by atomic mass is 9.76. The third-order valence-corrected chi connectivity index (χ3v) is 8.85. The van der Waals surface area contributed by atoms with Crippen molar-refractivity contribution < 1.29 is 27.8 Å². The second-order valence-corrected chi connectivity index (χ2v) is 12.0. The summed E-state index contributed by atoms with van der Waals surface area (Å²) in [6.45, 7) is 3.79. The van der Waals surface area contributed by atoms with Gasteiger partial charge in [-0.2, -0.15) is 28.2 Å². The number of nitrogens with two attached hydrogens (primary N) is 2. The maximum absolute atomic E-state index is 14.8. The normalized spacial score (nSPS) is 18.5. The average Bonchev–Trinajstić information content (AvgIpc) is 3.66. The quantitative estimate of drug-likeness (QED) is 0.219. The van der Waals surface area contributed by atoms with Crippen LogP contribution in [0.3, 0.4) is 0 Å². The molecular weight excluding hydrogens is 601 g/mol. The van der Waals surface area contributed by atoms with E-state index in [1.54, 1.807) is 31.3 Å². The Bertz CT molecular complexity index is 1720. The number of carboxylic acid groups (broad SMARTS) is 1. The van der Waals surface area contributed by atoms with E-state index in [1.807, 2.05) is 29.2 Å². The van der Waals surface area contributed by atoms with Crippen LogP contribution in [0.15, 0.2) is 60.8 Å². The SMILES string of the molecule is Cc1ccn(-c2cc(-c3ccc(CN)cc3)ccc2[C@@H](Oc2cc(N3CCC4(CC3)CNC(C(=O)O)C4)nc(N)n2)C(F)(F)F)n1. The fourth-order valence-corrected chi connectivity index (χ4v) is 6.29. The van der Waals surface area contributed by atoms with E-state index < -0.39 is 24.3 Å². The van der Waals surface area contributed by atoms with E-state index in [0.29, 0.717) is 62.5 Å². The zero-order valence-corrected chi connectivity index (χ0v) is 25.2. The molecule has 0 amide bonds. The summed E-state index contributed by atoms with van der Waals surface area (Å²) < 4.78 is 51.5. The Kier molecular flexibility index (Phi) is 8.33. The first-order chi connectivity index (χ1) is 21.9. The van der Waals surface area contributed by atoms with Gasteiger partial charge in [-0.15, -0.1) is 0 Å². The molecule has 2 fully saturated rings. The fraction of sp³-hybridized carbons (Fsp3) is 0.375. The van der Waals surface area contributed by atoms with Gasteiger partial charge in [-0.1, -0.05) is 36.4 Å². The van der Waals surface area contributed by atoms with E-state index in [2.05, 4.69) is 20.4 Å². The monoisotopic (exact) mass is 636 g/mol. The second kappa shape index (κ2) is 12.2. The lowest BCUT2D eigenvalue weighted by molar-refractivity contribution is -0.198. The molecule has 2 aromatic carbocycles. The van der Waals surface area contributed by atoms with Gasteiger partial charge in [-0.3, -0.25) is 4.79 Å². The molecule has 0 saturated carbocycles. The molecule has 2 aliphatic heterocycles. The zero-order valence-electron chi connectivity index (χ0n) is 25.2. The van der Waals surface area contributed by atoms with Gasteiger partial charge in [0.05, 0.1) is 11.4 Å². The number of nitrogens with zero attached hydrogens (tertiary/aromatic N) is 5. The predicted octanol–water partition coefficient (Wildman–Crippen LogP) is 4.39. The largest absolute Gasteiger partial charge is 0.480 e. The summed E-state index contributed by atoms with van der Waals surface area (Å²) in [5, 5.41) is 16.9. The van der Waals surface area contributed by atoms with E-state index in [1.165, 1.54) is 16.8 Å². The molecule has 2 aliphatic rings. The molecule has 2 atom stereocenters. The minimum Gasteiger partial charge on any atom is -0.480 e. The van der Waals surface area contributed by atoms with Gasteiger partial charge in [0.1, 0.15) is 11.9 Å². The second-order valence-electron chi connectivity index (χ2n) is 12.0. The lowest BCUT2D eigenvalue weighted by Crippen LogP contribution is -2.41. The molecule has 1 spiro atoms. The molecule has 11 nitrogen and oxygen atoms in total. The van der Waals surface area contributed by atoms with Crippen LogP contribution < -0.4 is 26.4 Å². The number of piperidine rings is 1. The molecule has 242 valence electrons. The van der Waals surface area contributed by atoms with Gasteiger partial charge >= 0.3 is 12.1 Å². The van der Waals surface area contributed by atoms with Crippen LogP contribution in [0.5, 0.6) is 5.88 Å². The third-order valence-electron chi connectivity index (χ3n) is 8.85. The summed E-state index contributed by atoms with van der Waals surface area (Å²) in [6, 6.07) is 14.6. The van der Waals surface area contributed by atoms with E-state index in [4.69, 9.17) is 16.2 Å². The lowest BCUT2D eigenvalue weighted by Gasteiger charge is -2.39. The molecule has 4 heterocycles. The maximum atomic E-state index is 14.8. The molecule has 6 rings (SSSR count). The number of halogens is 3. The Morgan fingerprint density at radius 2 is 1.83 bits per heavy atom. The number of hydrogen-bond acceptors (Lipinski definition) is 9. The van der Waals surface area contributed by atoms with E-state index in [-0.39, 0.29) is 28.5 Å². The smallest absolute Gasteiger partial charge is 0.429 e. The fourth-order valence-electron chi connectivity index (χ4n) is 6.29.